The molecule has 0 bridgehead atoms. The lowest BCUT2D eigenvalue weighted by Gasteiger charge is -2.27. The molecule has 0 spiro atoms. The minimum Gasteiger partial charge on any atom is -0.389 e. The lowest BCUT2D eigenvalue weighted by Crippen LogP contribution is -2.33. The number of hydrogen-bond donors (Lipinski definition) is 1. The van der Waals surface area contributed by atoms with E-state index in [1.807, 2.05) is 6.92 Å². The lowest BCUT2D eigenvalue weighted by molar-refractivity contribution is 0.0131. The van der Waals surface area contributed by atoms with Gasteiger partial charge in [-0.1, -0.05) is 24.6 Å². The number of hydrogen-bond acceptors (Lipinski definition) is 1. The summed E-state index contributed by atoms with van der Waals surface area (Å²) in [7, 11) is 0. The second kappa shape index (κ2) is 4.34. The fraction of sp³-hybridized carbons (Fsp3) is 0.538. The Balaban J connectivity index is 2.18. The molecule has 88 valence electrons. The van der Waals surface area contributed by atoms with E-state index in [2.05, 4.69) is 0 Å². The summed E-state index contributed by atoms with van der Waals surface area (Å²) in [5, 5.41) is 10.8. The third-order valence-electron chi connectivity index (χ3n) is 3.46. The molecule has 2 rings (SSSR count). The van der Waals surface area contributed by atoms with Gasteiger partial charge in [0.25, 0.3) is 0 Å². The molecule has 0 amide bonds. The molecule has 1 aliphatic rings. The zero-order valence-electron chi connectivity index (χ0n) is 9.34. The SMILES string of the molecule is CCC(O)(Cc1ccc(Cl)cc1F)C1CC1. The maximum Gasteiger partial charge on any atom is 0.127 e. The Bertz CT molecular complexity index is 390. The van der Waals surface area contributed by atoms with Gasteiger partial charge >= 0.3 is 0 Å². The van der Waals surface area contributed by atoms with Crippen molar-refractivity contribution in [1.29, 1.82) is 0 Å². The Hall–Kier alpha value is -0.600. The molecule has 0 saturated heterocycles. The maximum absolute atomic E-state index is 13.6. The molecule has 0 aliphatic heterocycles. The lowest BCUT2D eigenvalue weighted by atomic mass is 9.87. The van der Waals surface area contributed by atoms with Crippen LogP contribution in [0.4, 0.5) is 4.39 Å². The van der Waals surface area contributed by atoms with Gasteiger partial charge in [-0.05, 0) is 42.9 Å². The van der Waals surface area contributed by atoms with Crippen LogP contribution in [0.5, 0.6) is 0 Å². The zero-order chi connectivity index (χ0) is 11.8. The van der Waals surface area contributed by atoms with Gasteiger partial charge in [0.05, 0.1) is 5.60 Å². The number of halogens is 2. The predicted molar refractivity (Wildman–Crippen MR) is 63.1 cm³/mol. The fourth-order valence-corrected chi connectivity index (χ4v) is 2.33. The molecule has 0 heterocycles. The summed E-state index contributed by atoms with van der Waals surface area (Å²) < 4.78 is 13.6. The molecular weight excluding hydrogens is 227 g/mol. The number of rotatable bonds is 4. The highest BCUT2D eigenvalue weighted by atomic mass is 35.5. The van der Waals surface area contributed by atoms with Gasteiger partial charge in [0.1, 0.15) is 5.82 Å². The molecule has 1 aromatic rings. The van der Waals surface area contributed by atoms with Crippen molar-refractivity contribution in [2.24, 2.45) is 5.92 Å². The first-order valence-electron chi connectivity index (χ1n) is 5.71. The third kappa shape index (κ3) is 2.38. The predicted octanol–water partition coefficient (Wildman–Crippen LogP) is 3.57. The van der Waals surface area contributed by atoms with E-state index in [1.165, 1.54) is 6.07 Å². The van der Waals surface area contributed by atoms with Gasteiger partial charge in [-0.2, -0.15) is 0 Å². The zero-order valence-corrected chi connectivity index (χ0v) is 10.1. The second-order valence-electron chi connectivity index (χ2n) is 4.64. The van der Waals surface area contributed by atoms with Gasteiger partial charge < -0.3 is 5.11 Å². The van der Waals surface area contributed by atoms with Crippen molar-refractivity contribution in [2.45, 2.75) is 38.2 Å². The molecular formula is C13H16ClFO. The molecule has 1 fully saturated rings. The van der Waals surface area contributed by atoms with Crippen molar-refractivity contribution in [1.82, 2.24) is 0 Å². The Morgan fingerprint density at radius 1 is 1.50 bits per heavy atom. The van der Waals surface area contributed by atoms with Crippen LogP contribution >= 0.6 is 11.6 Å². The molecule has 1 N–H and O–H groups in total. The largest absolute Gasteiger partial charge is 0.389 e. The average molecular weight is 243 g/mol. The average Bonchev–Trinajstić information content (AvgIpc) is 3.06. The summed E-state index contributed by atoms with van der Waals surface area (Å²) in [5.74, 6) is 0.0209. The van der Waals surface area contributed by atoms with Crippen molar-refractivity contribution in [3.63, 3.8) is 0 Å². The summed E-state index contributed by atoms with van der Waals surface area (Å²) >= 11 is 5.69. The van der Waals surface area contributed by atoms with Crippen LogP contribution in [0.1, 0.15) is 31.7 Å². The highest BCUT2D eigenvalue weighted by Gasteiger charge is 2.42. The van der Waals surface area contributed by atoms with Gasteiger partial charge in [-0.15, -0.1) is 0 Å². The molecule has 3 heteroatoms. The van der Waals surface area contributed by atoms with Gasteiger partial charge in [0, 0.05) is 11.4 Å². The first kappa shape index (κ1) is 11.9. The molecule has 1 aliphatic carbocycles. The highest BCUT2D eigenvalue weighted by Crippen LogP contribution is 2.43. The minimum absolute atomic E-state index is 0.319. The van der Waals surface area contributed by atoms with Crippen LogP contribution < -0.4 is 0 Å². The summed E-state index contributed by atoms with van der Waals surface area (Å²) in [6.45, 7) is 1.95. The van der Waals surface area contributed by atoms with E-state index < -0.39 is 5.60 Å². The third-order valence-corrected chi connectivity index (χ3v) is 3.70. The molecule has 1 aromatic carbocycles. The highest BCUT2D eigenvalue weighted by molar-refractivity contribution is 6.30. The van der Waals surface area contributed by atoms with E-state index in [1.54, 1.807) is 12.1 Å². The van der Waals surface area contributed by atoms with Crippen molar-refractivity contribution >= 4 is 11.6 Å². The van der Waals surface area contributed by atoms with Gasteiger partial charge in [-0.3, -0.25) is 0 Å². The van der Waals surface area contributed by atoms with Crippen LogP contribution in [0.3, 0.4) is 0 Å². The quantitative estimate of drug-likeness (QED) is 0.856. The summed E-state index contributed by atoms with van der Waals surface area (Å²) in [6, 6.07) is 4.64. The van der Waals surface area contributed by atoms with E-state index in [9.17, 15) is 9.50 Å². The van der Waals surface area contributed by atoms with Crippen LogP contribution in [0, 0.1) is 11.7 Å². The molecule has 16 heavy (non-hydrogen) atoms. The van der Waals surface area contributed by atoms with Crippen molar-refractivity contribution in [3.8, 4) is 0 Å². The van der Waals surface area contributed by atoms with Crippen LogP contribution in [-0.4, -0.2) is 10.7 Å². The monoisotopic (exact) mass is 242 g/mol. The van der Waals surface area contributed by atoms with Crippen molar-refractivity contribution < 1.29 is 9.50 Å². The number of benzene rings is 1. The Morgan fingerprint density at radius 3 is 2.69 bits per heavy atom. The maximum atomic E-state index is 13.6. The minimum atomic E-state index is -0.741. The van der Waals surface area contributed by atoms with E-state index in [-0.39, 0.29) is 5.82 Å². The van der Waals surface area contributed by atoms with E-state index in [0.717, 1.165) is 12.8 Å². The fourth-order valence-electron chi connectivity index (χ4n) is 2.17. The number of aliphatic hydroxyl groups is 1. The second-order valence-corrected chi connectivity index (χ2v) is 5.08. The van der Waals surface area contributed by atoms with Crippen LogP contribution in [0.15, 0.2) is 18.2 Å². The first-order chi connectivity index (χ1) is 7.55. The van der Waals surface area contributed by atoms with Crippen molar-refractivity contribution in [2.75, 3.05) is 0 Å². The summed E-state index contributed by atoms with van der Waals surface area (Å²) in [5.41, 5.74) is -0.185. The molecule has 0 aromatic heterocycles. The first-order valence-corrected chi connectivity index (χ1v) is 6.09. The van der Waals surface area contributed by atoms with Crippen molar-refractivity contribution in [3.05, 3.63) is 34.6 Å². The Labute approximate surface area is 100 Å². The smallest absolute Gasteiger partial charge is 0.127 e. The van der Waals surface area contributed by atoms with E-state index >= 15 is 0 Å². The van der Waals surface area contributed by atoms with Gasteiger partial charge in [0.2, 0.25) is 0 Å². The summed E-state index contributed by atoms with van der Waals surface area (Å²) in [4.78, 5) is 0. The topological polar surface area (TPSA) is 20.2 Å². The van der Waals surface area contributed by atoms with Crippen LogP contribution in [0.2, 0.25) is 5.02 Å². The van der Waals surface area contributed by atoms with Gasteiger partial charge in [-0.25, -0.2) is 4.39 Å². The molecule has 1 nitrogen and oxygen atoms in total. The van der Waals surface area contributed by atoms with Gasteiger partial charge in [0.15, 0.2) is 0 Å². The van der Waals surface area contributed by atoms with Crippen LogP contribution in [0.25, 0.3) is 0 Å². The summed E-state index contributed by atoms with van der Waals surface area (Å²) in [6.07, 6.45) is 3.16. The molecule has 1 atom stereocenters. The normalized spacial score (nSPS) is 19.5. The molecule has 1 saturated carbocycles. The van der Waals surface area contributed by atoms with Crippen LogP contribution in [-0.2, 0) is 6.42 Å². The Morgan fingerprint density at radius 2 is 2.19 bits per heavy atom. The van der Waals surface area contributed by atoms with E-state index in [4.69, 9.17) is 11.6 Å². The Kier molecular flexibility index (Phi) is 3.22. The standard InChI is InChI=1S/C13H16ClFO/c1-2-13(16,10-4-5-10)8-9-3-6-11(14)7-12(9)15/h3,6-7,10,16H,2,4-5,8H2,1H3. The van der Waals surface area contributed by atoms with E-state index in [0.29, 0.717) is 29.3 Å². The molecule has 0 radical (unpaired) electrons. The molecule has 1 unspecified atom stereocenters.